The molecule has 3 N–H and O–H groups in total. The Balaban J connectivity index is 1.39. The van der Waals surface area contributed by atoms with E-state index in [1.165, 1.54) is 12.1 Å². The maximum Gasteiger partial charge on any atom is 0.319 e. The highest BCUT2D eigenvalue weighted by atomic mass is 19.1. The van der Waals surface area contributed by atoms with Crippen LogP contribution in [-0.4, -0.2) is 42.5 Å². The standard InChI is InChI=1S/C21H25FN4O2/c1-15-6-8-16(9-7-15)23-21(28)24-17-10-12-26(13-11-17)14-20(27)25-19-5-3-2-4-18(19)22/h2-9,17H,10-14H2,1H3,(H,25,27)(H2,23,24,28). The Bertz CT molecular complexity index is 817. The smallest absolute Gasteiger partial charge is 0.319 e. The molecule has 0 unspecified atom stereocenters. The van der Waals surface area contributed by atoms with E-state index in [0.717, 1.165) is 24.1 Å². The van der Waals surface area contributed by atoms with Crippen LogP contribution in [0.15, 0.2) is 48.5 Å². The summed E-state index contributed by atoms with van der Waals surface area (Å²) >= 11 is 0. The van der Waals surface area contributed by atoms with Crippen molar-refractivity contribution in [2.45, 2.75) is 25.8 Å². The van der Waals surface area contributed by atoms with E-state index in [4.69, 9.17) is 0 Å². The fourth-order valence-electron chi connectivity index (χ4n) is 3.18. The Hall–Kier alpha value is -2.93. The highest BCUT2D eigenvalue weighted by Gasteiger charge is 2.22. The fourth-order valence-corrected chi connectivity index (χ4v) is 3.18. The molecule has 7 heteroatoms. The molecule has 0 radical (unpaired) electrons. The van der Waals surface area contributed by atoms with Crippen molar-refractivity contribution in [2.75, 3.05) is 30.3 Å². The number of hydrogen-bond acceptors (Lipinski definition) is 3. The molecule has 148 valence electrons. The van der Waals surface area contributed by atoms with Gasteiger partial charge in [-0.25, -0.2) is 9.18 Å². The number of anilines is 2. The second kappa shape index (κ2) is 9.32. The summed E-state index contributed by atoms with van der Waals surface area (Å²) in [5, 5.41) is 8.40. The van der Waals surface area contributed by atoms with Crippen LogP contribution in [0.1, 0.15) is 18.4 Å². The Morgan fingerprint density at radius 2 is 1.71 bits per heavy atom. The molecule has 0 bridgehead atoms. The average Bonchev–Trinajstić information content (AvgIpc) is 2.67. The molecular weight excluding hydrogens is 359 g/mol. The lowest BCUT2D eigenvalue weighted by molar-refractivity contribution is -0.117. The van der Waals surface area contributed by atoms with Gasteiger partial charge >= 0.3 is 6.03 Å². The van der Waals surface area contributed by atoms with Gasteiger partial charge in [-0.15, -0.1) is 0 Å². The summed E-state index contributed by atoms with van der Waals surface area (Å²) in [4.78, 5) is 26.3. The quantitative estimate of drug-likeness (QED) is 0.740. The summed E-state index contributed by atoms with van der Waals surface area (Å²) in [5.41, 5.74) is 2.08. The lowest BCUT2D eigenvalue weighted by atomic mass is 10.1. The van der Waals surface area contributed by atoms with Crippen LogP contribution in [0.25, 0.3) is 0 Å². The Kier molecular flexibility index (Phi) is 6.60. The number of likely N-dealkylation sites (tertiary alicyclic amines) is 1. The average molecular weight is 384 g/mol. The molecule has 28 heavy (non-hydrogen) atoms. The maximum absolute atomic E-state index is 13.6. The summed E-state index contributed by atoms with van der Waals surface area (Å²) in [6.45, 7) is 3.59. The van der Waals surface area contributed by atoms with Crippen molar-refractivity contribution in [3.8, 4) is 0 Å². The zero-order chi connectivity index (χ0) is 19.9. The number of rotatable bonds is 5. The van der Waals surface area contributed by atoms with Crippen molar-refractivity contribution >= 4 is 23.3 Å². The molecule has 3 rings (SSSR count). The molecule has 0 spiro atoms. The molecule has 3 amide bonds. The summed E-state index contributed by atoms with van der Waals surface area (Å²) in [6, 6.07) is 13.6. The number of carbonyl (C=O) groups is 2. The van der Waals surface area contributed by atoms with Gasteiger partial charge in [0.05, 0.1) is 12.2 Å². The van der Waals surface area contributed by atoms with Crippen LogP contribution in [0.5, 0.6) is 0 Å². The summed E-state index contributed by atoms with van der Waals surface area (Å²) in [5.74, 6) is -0.688. The minimum atomic E-state index is -0.446. The fraction of sp³-hybridized carbons (Fsp3) is 0.333. The van der Waals surface area contributed by atoms with Gasteiger partial charge in [0.1, 0.15) is 5.82 Å². The minimum Gasteiger partial charge on any atom is -0.335 e. The molecule has 2 aromatic carbocycles. The van der Waals surface area contributed by atoms with Gasteiger partial charge in [0, 0.05) is 24.8 Å². The first kappa shape index (κ1) is 19.8. The van der Waals surface area contributed by atoms with Crippen LogP contribution in [0.2, 0.25) is 0 Å². The lowest BCUT2D eigenvalue weighted by Gasteiger charge is -2.31. The van der Waals surface area contributed by atoms with Crippen molar-refractivity contribution in [1.82, 2.24) is 10.2 Å². The van der Waals surface area contributed by atoms with Crippen molar-refractivity contribution in [1.29, 1.82) is 0 Å². The molecule has 0 atom stereocenters. The van der Waals surface area contributed by atoms with Crippen molar-refractivity contribution in [3.63, 3.8) is 0 Å². The van der Waals surface area contributed by atoms with Gasteiger partial charge in [-0.05, 0) is 44.0 Å². The summed E-state index contributed by atoms with van der Waals surface area (Å²) < 4.78 is 13.6. The van der Waals surface area contributed by atoms with Gasteiger partial charge in [0.2, 0.25) is 5.91 Å². The van der Waals surface area contributed by atoms with E-state index >= 15 is 0 Å². The van der Waals surface area contributed by atoms with Crippen molar-refractivity contribution in [3.05, 3.63) is 59.9 Å². The summed E-state index contributed by atoms with van der Waals surface area (Å²) in [7, 11) is 0. The largest absolute Gasteiger partial charge is 0.335 e. The minimum absolute atomic E-state index is 0.0660. The second-order valence-corrected chi connectivity index (χ2v) is 7.04. The number of piperidine rings is 1. The van der Waals surface area contributed by atoms with Crippen LogP contribution in [-0.2, 0) is 4.79 Å². The number of benzene rings is 2. The lowest BCUT2D eigenvalue weighted by Crippen LogP contribution is -2.47. The van der Waals surface area contributed by atoms with E-state index in [1.54, 1.807) is 12.1 Å². The highest BCUT2D eigenvalue weighted by molar-refractivity contribution is 5.92. The van der Waals surface area contributed by atoms with Gasteiger partial charge < -0.3 is 16.0 Å². The molecule has 6 nitrogen and oxygen atoms in total. The first-order valence-electron chi connectivity index (χ1n) is 9.40. The Labute approximate surface area is 164 Å². The number of nitrogens with one attached hydrogen (secondary N) is 3. The molecular formula is C21H25FN4O2. The van der Waals surface area contributed by atoms with Crippen LogP contribution in [0.3, 0.4) is 0 Å². The van der Waals surface area contributed by atoms with Gasteiger partial charge in [0.25, 0.3) is 0 Å². The van der Waals surface area contributed by atoms with E-state index in [0.29, 0.717) is 13.1 Å². The number of halogens is 1. The number of urea groups is 1. The SMILES string of the molecule is Cc1ccc(NC(=O)NC2CCN(CC(=O)Nc3ccccc3F)CC2)cc1. The molecule has 0 saturated carbocycles. The van der Waals surface area contributed by atoms with E-state index < -0.39 is 5.82 Å². The molecule has 0 aliphatic carbocycles. The molecule has 1 heterocycles. The van der Waals surface area contributed by atoms with Crippen molar-refractivity contribution in [2.24, 2.45) is 0 Å². The second-order valence-electron chi connectivity index (χ2n) is 7.04. The topological polar surface area (TPSA) is 73.5 Å². The molecule has 1 fully saturated rings. The first-order valence-corrected chi connectivity index (χ1v) is 9.40. The van der Waals surface area contributed by atoms with E-state index in [1.807, 2.05) is 36.1 Å². The van der Waals surface area contributed by atoms with Gasteiger partial charge in [-0.3, -0.25) is 9.69 Å². The zero-order valence-electron chi connectivity index (χ0n) is 15.9. The number of aryl methyl sites for hydroxylation is 1. The molecule has 1 aliphatic rings. The van der Waals surface area contributed by atoms with Gasteiger partial charge in [0.15, 0.2) is 0 Å². The molecule has 0 aromatic heterocycles. The van der Waals surface area contributed by atoms with E-state index in [-0.39, 0.29) is 30.2 Å². The third-order valence-corrected chi connectivity index (χ3v) is 4.75. The molecule has 1 saturated heterocycles. The number of amides is 3. The van der Waals surface area contributed by atoms with E-state index in [9.17, 15) is 14.0 Å². The number of nitrogens with zero attached hydrogens (tertiary/aromatic N) is 1. The zero-order valence-corrected chi connectivity index (χ0v) is 15.9. The van der Waals surface area contributed by atoms with Gasteiger partial charge in [-0.1, -0.05) is 29.8 Å². The Morgan fingerprint density at radius 3 is 2.39 bits per heavy atom. The number of hydrogen-bond donors (Lipinski definition) is 3. The predicted octanol–water partition coefficient (Wildman–Crippen LogP) is 3.36. The Morgan fingerprint density at radius 1 is 1.04 bits per heavy atom. The van der Waals surface area contributed by atoms with Crippen molar-refractivity contribution < 1.29 is 14.0 Å². The predicted molar refractivity (Wildman–Crippen MR) is 108 cm³/mol. The normalized spacial score (nSPS) is 15.1. The summed E-state index contributed by atoms with van der Waals surface area (Å²) in [6.07, 6.45) is 1.52. The van der Waals surface area contributed by atoms with Crippen LogP contribution in [0.4, 0.5) is 20.6 Å². The van der Waals surface area contributed by atoms with Crippen LogP contribution < -0.4 is 16.0 Å². The van der Waals surface area contributed by atoms with Crippen LogP contribution in [0, 0.1) is 12.7 Å². The number of carbonyl (C=O) groups excluding carboxylic acids is 2. The number of para-hydroxylation sites is 1. The van der Waals surface area contributed by atoms with Gasteiger partial charge in [-0.2, -0.15) is 0 Å². The third kappa shape index (κ3) is 5.79. The highest BCUT2D eigenvalue weighted by Crippen LogP contribution is 2.14. The monoisotopic (exact) mass is 384 g/mol. The molecule has 1 aliphatic heterocycles. The van der Waals surface area contributed by atoms with Crippen LogP contribution >= 0.6 is 0 Å². The molecule has 2 aromatic rings. The maximum atomic E-state index is 13.6. The van der Waals surface area contributed by atoms with E-state index in [2.05, 4.69) is 16.0 Å². The third-order valence-electron chi connectivity index (χ3n) is 4.75. The first-order chi connectivity index (χ1) is 13.5.